The fourth-order valence-corrected chi connectivity index (χ4v) is 7.18. The molecule has 1 saturated heterocycles. The maximum absolute atomic E-state index is 9.94. The molecular formula is C24H46B2O3P2. The van der Waals surface area contributed by atoms with Crippen LogP contribution in [0.1, 0.15) is 46.5 Å². The molecule has 1 N–H and O–H groups in total. The van der Waals surface area contributed by atoms with E-state index in [4.69, 9.17) is 25.2 Å². The van der Waals surface area contributed by atoms with Gasteiger partial charge in [-0.1, -0.05) is 25.6 Å². The molecule has 3 nitrogen and oxygen atoms in total. The van der Waals surface area contributed by atoms with Crippen LogP contribution in [0, 0.1) is 17.8 Å². The van der Waals surface area contributed by atoms with Crippen LogP contribution in [0.3, 0.4) is 0 Å². The highest BCUT2D eigenvalue weighted by molar-refractivity contribution is 7.72. The van der Waals surface area contributed by atoms with E-state index >= 15 is 0 Å². The lowest BCUT2D eigenvalue weighted by Gasteiger charge is -2.24. The van der Waals surface area contributed by atoms with Crippen LogP contribution in [0.15, 0.2) is 0 Å². The highest BCUT2D eigenvalue weighted by Crippen LogP contribution is 2.49. The van der Waals surface area contributed by atoms with Crippen LogP contribution in [0.5, 0.6) is 0 Å². The Morgan fingerprint density at radius 3 is 1.77 bits per heavy atom. The van der Waals surface area contributed by atoms with Gasteiger partial charge >= 0.3 is 0 Å². The van der Waals surface area contributed by atoms with Gasteiger partial charge in [-0.3, -0.25) is 0 Å². The molecule has 0 aromatic carbocycles. The van der Waals surface area contributed by atoms with Gasteiger partial charge < -0.3 is 14.6 Å². The Kier molecular flexibility index (Phi) is 9.41. The van der Waals surface area contributed by atoms with Crippen molar-refractivity contribution in [3.63, 3.8) is 0 Å². The Morgan fingerprint density at radius 1 is 0.871 bits per heavy atom. The largest absolute Gasteiger partial charge is 0.393 e. The van der Waals surface area contributed by atoms with Crippen molar-refractivity contribution in [1.82, 2.24) is 0 Å². The van der Waals surface area contributed by atoms with Crippen molar-refractivity contribution >= 4 is 42.1 Å². The Morgan fingerprint density at radius 2 is 1.32 bits per heavy atom. The van der Waals surface area contributed by atoms with Crippen LogP contribution in [0.2, 0.25) is 11.6 Å². The lowest BCUT2D eigenvalue weighted by molar-refractivity contribution is -0.156. The molecule has 8 atom stereocenters. The molecular weight excluding hydrogens is 420 g/mol. The van der Waals surface area contributed by atoms with Crippen molar-refractivity contribution in [3.8, 4) is 0 Å². The van der Waals surface area contributed by atoms with E-state index < -0.39 is 19.6 Å². The smallest absolute Gasteiger partial charge is 0.163 e. The van der Waals surface area contributed by atoms with Gasteiger partial charge in [0, 0.05) is 0 Å². The molecule has 176 valence electrons. The van der Waals surface area contributed by atoms with Gasteiger partial charge in [-0.25, -0.2) is 0 Å². The molecule has 3 fully saturated rings. The van der Waals surface area contributed by atoms with E-state index in [1.165, 1.54) is 18.7 Å². The van der Waals surface area contributed by atoms with E-state index in [1.807, 2.05) is 13.8 Å². The first kappa shape index (κ1) is 27.9. The van der Waals surface area contributed by atoms with Crippen LogP contribution in [-0.2, 0) is 9.47 Å². The van der Waals surface area contributed by atoms with E-state index in [1.54, 1.807) is 0 Å². The summed E-state index contributed by atoms with van der Waals surface area (Å²) in [6.07, 6.45) is 15.3. The number of fused-ring (bicyclic) bond motifs is 1. The predicted molar refractivity (Wildman–Crippen MR) is 145 cm³/mol. The van der Waals surface area contributed by atoms with Gasteiger partial charge in [-0.15, -0.1) is 26.4 Å². The summed E-state index contributed by atoms with van der Waals surface area (Å²) in [6.45, 7) is 13.2. The van der Waals surface area contributed by atoms with Crippen LogP contribution in [-0.4, -0.2) is 96.5 Å². The quantitative estimate of drug-likeness (QED) is 0.458. The number of ether oxygens (including phenoxy) is 2. The van der Waals surface area contributed by atoms with E-state index in [2.05, 4.69) is 46.2 Å². The minimum absolute atomic E-state index is 0.0984. The van der Waals surface area contributed by atoms with Crippen molar-refractivity contribution in [1.29, 1.82) is 0 Å². The normalized spacial score (nSPS) is 39.7. The summed E-state index contributed by atoms with van der Waals surface area (Å²) < 4.78 is 11.9. The van der Waals surface area contributed by atoms with Gasteiger partial charge in [0.15, 0.2) is 5.79 Å². The molecule has 0 spiro atoms. The van der Waals surface area contributed by atoms with E-state index in [0.29, 0.717) is 11.8 Å². The van der Waals surface area contributed by atoms with Gasteiger partial charge in [0.2, 0.25) is 0 Å². The average Bonchev–Trinajstić information content (AvgIpc) is 3.16. The molecule has 0 aromatic heterocycles. The number of rotatable bonds is 6. The van der Waals surface area contributed by atoms with Gasteiger partial charge in [-0.2, -0.15) is 0 Å². The van der Waals surface area contributed by atoms with Gasteiger partial charge in [0.1, 0.15) is 0 Å². The second-order valence-corrected chi connectivity index (χ2v) is 20.8. The Balaban J connectivity index is 0.000000225. The van der Waals surface area contributed by atoms with Crippen LogP contribution >= 0.6 is 13.8 Å². The maximum Gasteiger partial charge on any atom is 0.163 e. The van der Waals surface area contributed by atoms with E-state index in [-0.39, 0.29) is 35.9 Å². The second-order valence-electron chi connectivity index (χ2n) is 12.1. The summed E-state index contributed by atoms with van der Waals surface area (Å²) in [4.78, 5) is 0. The average molecular weight is 466 g/mol. The molecule has 1 aliphatic heterocycles. The standard InChI is InChI=1S/C13H24BO2P.C11H22BOP/c1-13(2)15-11-9(6-7-17(3,4)5)8-10(14)12(11)16-13;1-8-10(12)7-9(11(8)13)5-6-14(2,3)4/h9-12H,3,6-8H2,1-2,4-5H3;8-11,13H,2,5-7H2,1,3-4H3/t9-,10+,11+,12?;8?,9-,10+,11-/m00/s1. The Labute approximate surface area is 195 Å². The minimum Gasteiger partial charge on any atom is -0.393 e. The molecule has 3 aliphatic rings. The zero-order valence-electron chi connectivity index (χ0n) is 21.1. The molecule has 0 bridgehead atoms. The predicted octanol–water partition coefficient (Wildman–Crippen LogP) is 4.64. The molecule has 7 heteroatoms. The Hall–Kier alpha value is 0.610. The fraction of sp³-hybridized carbons (Fsp3) is 0.917. The second kappa shape index (κ2) is 10.5. The molecule has 2 aliphatic carbocycles. The lowest BCUT2D eigenvalue weighted by atomic mass is 9.79. The van der Waals surface area contributed by atoms with E-state index in [9.17, 15) is 5.11 Å². The minimum atomic E-state index is -0.944. The molecule has 0 amide bonds. The molecule has 1 heterocycles. The molecule has 2 saturated carbocycles. The molecule has 3 rings (SSSR count). The summed E-state index contributed by atoms with van der Waals surface area (Å²) in [5, 5.41) is 9.94. The van der Waals surface area contributed by atoms with Crippen LogP contribution in [0.4, 0.5) is 0 Å². The molecule has 4 radical (unpaired) electrons. The van der Waals surface area contributed by atoms with Crippen LogP contribution in [0.25, 0.3) is 0 Å². The third-order valence-electron chi connectivity index (χ3n) is 7.11. The molecule has 31 heavy (non-hydrogen) atoms. The topological polar surface area (TPSA) is 38.7 Å². The highest BCUT2D eigenvalue weighted by Gasteiger charge is 2.51. The van der Waals surface area contributed by atoms with Gasteiger partial charge in [-0.05, 0) is 89.2 Å². The van der Waals surface area contributed by atoms with Crippen molar-refractivity contribution in [2.24, 2.45) is 17.8 Å². The molecule has 2 unspecified atom stereocenters. The zero-order valence-corrected chi connectivity index (χ0v) is 22.9. The van der Waals surface area contributed by atoms with Crippen LogP contribution < -0.4 is 0 Å². The third-order valence-corrected chi connectivity index (χ3v) is 10.0. The van der Waals surface area contributed by atoms with Crippen molar-refractivity contribution in [3.05, 3.63) is 0 Å². The monoisotopic (exact) mass is 466 g/mol. The first-order valence-corrected chi connectivity index (χ1v) is 18.0. The van der Waals surface area contributed by atoms with Crippen molar-refractivity contribution < 1.29 is 14.6 Å². The zero-order chi connectivity index (χ0) is 23.8. The maximum atomic E-state index is 9.94. The Bertz CT molecular complexity index is 686. The number of hydrogen-bond acceptors (Lipinski definition) is 3. The number of aliphatic hydroxyl groups is 1. The summed E-state index contributed by atoms with van der Waals surface area (Å²) >= 11 is 0. The first-order chi connectivity index (χ1) is 14.0. The highest BCUT2D eigenvalue weighted by atomic mass is 31.2. The SMILES string of the molecule is [B][C@@H]1C[C@H](CCP(=C)(C)C)[C@@H](O)C1C.[B][C@@H]1C[C@H](CCP(=C)(C)C)[C@H]2OC(C)(C)OC12. The summed E-state index contributed by atoms with van der Waals surface area (Å²) in [6, 6.07) is 0. The fourth-order valence-electron chi connectivity index (χ4n) is 5.12. The summed E-state index contributed by atoms with van der Waals surface area (Å²) in [7, 11) is 12.1. The lowest BCUT2D eigenvalue weighted by Crippen LogP contribution is -2.25. The third kappa shape index (κ3) is 8.40. The van der Waals surface area contributed by atoms with Gasteiger partial charge in [0.05, 0.1) is 34.0 Å². The van der Waals surface area contributed by atoms with Crippen molar-refractivity contribution in [2.75, 3.05) is 39.0 Å². The first-order valence-electron chi connectivity index (χ1n) is 11.9. The number of aliphatic hydroxyl groups excluding tert-OH is 1. The molecule has 0 aromatic rings. The van der Waals surface area contributed by atoms with Crippen molar-refractivity contribution in [2.45, 2.75) is 82.2 Å². The van der Waals surface area contributed by atoms with Gasteiger partial charge in [0.25, 0.3) is 0 Å². The summed E-state index contributed by atoms with van der Waals surface area (Å²) in [5.41, 5.74) is 0. The van der Waals surface area contributed by atoms with E-state index in [0.717, 1.165) is 19.3 Å². The number of hydrogen-bond donors (Lipinski definition) is 1. The summed E-state index contributed by atoms with van der Waals surface area (Å²) in [5.74, 6) is 1.12.